The first-order valence-electron chi connectivity index (χ1n) is 5.46. The molecule has 0 aromatic carbocycles. The van der Waals surface area contributed by atoms with Crippen LogP contribution in [0.5, 0.6) is 0 Å². The molecule has 0 saturated heterocycles. The molecule has 0 amide bonds. The van der Waals surface area contributed by atoms with E-state index in [9.17, 15) is 0 Å². The van der Waals surface area contributed by atoms with Crippen LogP contribution in [0.15, 0.2) is 0 Å². The van der Waals surface area contributed by atoms with E-state index in [0.717, 1.165) is 38.9 Å². The number of hydrogen-bond acceptors (Lipinski definition) is 2. The van der Waals surface area contributed by atoms with Crippen molar-refractivity contribution in [2.24, 2.45) is 0 Å². The van der Waals surface area contributed by atoms with Crippen LogP contribution in [0.1, 0.15) is 53.4 Å². The van der Waals surface area contributed by atoms with Crippen molar-refractivity contribution < 1.29 is 9.47 Å². The maximum absolute atomic E-state index is 5.70. The predicted molar refractivity (Wildman–Crippen MR) is 55.8 cm³/mol. The summed E-state index contributed by atoms with van der Waals surface area (Å²) in [5, 5.41) is 0. The third-order valence-electron chi connectivity index (χ3n) is 1.93. The second-order valence-electron chi connectivity index (χ2n) is 3.58. The number of hydrogen-bond donors (Lipinski definition) is 0. The Morgan fingerprint density at radius 3 is 1.62 bits per heavy atom. The zero-order chi connectivity index (χ0) is 10.2. The van der Waals surface area contributed by atoms with Gasteiger partial charge in [0.05, 0.1) is 0 Å². The van der Waals surface area contributed by atoms with Crippen LogP contribution in [-0.4, -0.2) is 19.0 Å². The molecule has 0 spiro atoms. The van der Waals surface area contributed by atoms with E-state index in [1.165, 1.54) is 0 Å². The summed E-state index contributed by atoms with van der Waals surface area (Å²) in [6.07, 6.45) is 4.18. The molecule has 0 unspecified atom stereocenters. The van der Waals surface area contributed by atoms with Gasteiger partial charge in [-0.15, -0.1) is 0 Å². The topological polar surface area (TPSA) is 18.5 Å². The molecule has 0 heterocycles. The van der Waals surface area contributed by atoms with Crippen molar-refractivity contribution in [1.82, 2.24) is 0 Å². The van der Waals surface area contributed by atoms with Gasteiger partial charge in [-0.1, -0.05) is 27.2 Å². The number of ether oxygens (including phenoxy) is 2. The van der Waals surface area contributed by atoms with E-state index in [1.54, 1.807) is 0 Å². The monoisotopic (exact) mass is 188 g/mol. The molecule has 0 N–H and O–H groups in total. The van der Waals surface area contributed by atoms with Crippen LogP contribution in [0, 0.1) is 0 Å². The minimum absolute atomic E-state index is 0.346. The normalized spacial score (nSPS) is 12.0. The van der Waals surface area contributed by atoms with Crippen LogP contribution >= 0.6 is 0 Å². The van der Waals surface area contributed by atoms with Gasteiger partial charge in [0.15, 0.2) is 5.79 Å². The molecule has 0 aliphatic rings. The molecule has 0 radical (unpaired) electrons. The summed E-state index contributed by atoms with van der Waals surface area (Å²) in [5.41, 5.74) is 0. The van der Waals surface area contributed by atoms with Gasteiger partial charge < -0.3 is 9.47 Å². The molecule has 0 aliphatic carbocycles. The molecule has 0 fully saturated rings. The van der Waals surface area contributed by atoms with Crippen molar-refractivity contribution in [1.29, 1.82) is 0 Å². The lowest BCUT2D eigenvalue weighted by molar-refractivity contribution is -0.229. The minimum Gasteiger partial charge on any atom is -0.350 e. The van der Waals surface area contributed by atoms with Crippen LogP contribution in [0.4, 0.5) is 0 Å². The summed E-state index contributed by atoms with van der Waals surface area (Å²) in [6, 6.07) is 0. The lowest BCUT2D eigenvalue weighted by Gasteiger charge is -2.29. The molecule has 80 valence electrons. The summed E-state index contributed by atoms with van der Waals surface area (Å²) in [7, 11) is 0. The molecule has 0 aromatic heterocycles. The van der Waals surface area contributed by atoms with Crippen molar-refractivity contribution >= 4 is 0 Å². The average Bonchev–Trinajstić information content (AvgIpc) is 2.12. The third kappa shape index (κ3) is 6.05. The van der Waals surface area contributed by atoms with Crippen LogP contribution in [0.2, 0.25) is 0 Å². The van der Waals surface area contributed by atoms with Crippen molar-refractivity contribution in [3.05, 3.63) is 0 Å². The molecule has 2 nitrogen and oxygen atoms in total. The Labute approximate surface area is 82.6 Å². The van der Waals surface area contributed by atoms with Crippen LogP contribution in [0.25, 0.3) is 0 Å². The third-order valence-corrected chi connectivity index (χ3v) is 1.93. The Hall–Kier alpha value is -0.0800. The van der Waals surface area contributed by atoms with Crippen LogP contribution in [-0.2, 0) is 9.47 Å². The highest BCUT2D eigenvalue weighted by atomic mass is 16.7. The quantitative estimate of drug-likeness (QED) is 0.544. The van der Waals surface area contributed by atoms with E-state index < -0.39 is 0 Å². The highest BCUT2D eigenvalue weighted by Crippen LogP contribution is 2.19. The van der Waals surface area contributed by atoms with Crippen LogP contribution in [0.3, 0.4) is 0 Å². The van der Waals surface area contributed by atoms with Crippen molar-refractivity contribution in [2.75, 3.05) is 13.2 Å². The van der Waals surface area contributed by atoms with Crippen molar-refractivity contribution in [3.8, 4) is 0 Å². The summed E-state index contributed by atoms with van der Waals surface area (Å²) in [6.45, 7) is 10.0. The van der Waals surface area contributed by atoms with E-state index in [1.807, 2.05) is 6.92 Å². The Bertz CT molecular complexity index is 105. The Balaban J connectivity index is 3.84. The van der Waals surface area contributed by atoms with Gasteiger partial charge in [0.1, 0.15) is 0 Å². The lowest BCUT2D eigenvalue weighted by Crippen LogP contribution is -2.33. The zero-order valence-electron chi connectivity index (χ0n) is 9.56. The smallest absolute Gasteiger partial charge is 0.165 e. The first-order chi connectivity index (χ1) is 6.18. The lowest BCUT2D eigenvalue weighted by atomic mass is 10.2. The van der Waals surface area contributed by atoms with E-state index in [-0.39, 0.29) is 5.79 Å². The van der Waals surface area contributed by atoms with Gasteiger partial charge in [0, 0.05) is 19.6 Å². The van der Waals surface area contributed by atoms with Gasteiger partial charge in [0.2, 0.25) is 0 Å². The van der Waals surface area contributed by atoms with Gasteiger partial charge in [-0.3, -0.25) is 0 Å². The van der Waals surface area contributed by atoms with Gasteiger partial charge in [-0.25, -0.2) is 0 Å². The number of rotatable bonds is 8. The molecule has 2 heteroatoms. The molecule has 0 bridgehead atoms. The standard InChI is InChI=1S/C11H24O2/c1-5-8-11(4,12-9-6-2)13-10-7-3/h5-10H2,1-4H3. The molecule has 13 heavy (non-hydrogen) atoms. The fourth-order valence-corrected chi connectivity index (χ4v) is 1.28. The maximum atomic E-state index is 5.70. The fourth-order valence-electron chi connectivity index (χ4n) is 1.28. The second kappa shape index (κ2) is 7.34. The highest BCUT2D eigenvalue weighted by Gasteiger charge is 2.23. The van der Waals surface area contributed by atoms with E-state index in [2.05, 4.69) is 20.8 Å². The van der Waals surface area contributed by atoms with Crippen molar-refractivity contribution in [3.63, 3.8) is 0 Å². The van der Waals surface area contributed by atoms with Crippen molar-refractivity contribution in [2.45, 2.75) is 59.2 Å². The molecule has 0 saturated carbocycles. The Morgan fingerprint density at radius 2 is 1.31 bits per heavy atom. The van der Waals surface area contributed by atoms with E-state index >= 15 is 0 Å². The first-order valence-corrected chi connectivity index (χ1v) is 5.46. The van der Waals surface area contributed by atoms with Gasteiger partial charge >= 0.3 is 0 Å². The maximum Gasteiger partial charge on any atom is 0.165 e. The Kier molecular flexibility index (Phi) is 7.29. The second-order valence-corrected chi connectivity index (χ2v) is 3.58. The Morgan fingerprint density at radius 1 is 0.846 bits per heavy atom. The van der Waals surface area contributed by atoms with Gasteiger partial charge in [0.25, 0.3) is 0 Å². The largest absolute Gasteiger partial charge is 0.350 e. The fraction of sp³-hybridized carbons (Fsp3) is 1.00. The first kappa shape index (κ1) is 12.9. The molecular formula is C11H24O2. The van der Waals surface area contributed by atoms with Gasteiger partial charge in [-0.05, 0) is 19.8 Å². The summed E-state index contributed by atoms with van der Waals surface area (Å²) in [5.74, 6) is -0.346. The molecule has 0 rings (SSSR count). The predicted octanol–water partition coefficient (Wildman–Crippen LogP) is 3.36. The molecule has 0 aromatic rings. The summed E-state index contributed by atoms with van der Waals surface area (Å²) in [4.78, 5) is 0. The molecular weight excluding hydrogens is 164 g/mol. The summed E-state index contributed by atoms with van der Waals surface area (Å²) < 4.78 is 11.4. The van der Waals surface area contributed by atoms with E-state index in [4.69, 9.17) is 9.47 Å². The average molecular weight is 188 g/mol. The SMILES string of the molecule is CCCOC(C)(CCC)OCCC. The highest BCUT2D eigenvalue weighted by molar-refractivity contribution is 4.62. The van der Waals surface area contributed by atoms with E-state index in [0.29, 0.717) is 0 Å². The van der Waals surface area contributed by atoms with Gasteiger partial charge in [-0.2, -0.15) is 0 Å². The molecule has 0 aliphatic heterocycles. The zero-order valence-corrected chi connectivity index (χ0v) is 9.56. The molecule has 0 atom stereocenters. The minimum atomic E-state index is -0.346. The van der Waals surface area contributed by atoms with Crippen LogP contribution < -0.4 is 0 Å². The summed E-state index contributed by atoms with van der Waals surface area (Å²) >= 11 is 0.